The number of nitrogens with zero attached hydrogens (tertiary/aromatic N) is 3. The highest BCUT2D eigenvalue weighted by Gasteiger charge is 2.27. The smallest absolute Gasteiger partial charge is 0.232 e. The lowest BCUT2D eigenvalue weighted by molar-refractivity contribution is -0.129. The predicted molar refractivity (Wildman–Crippen MR) is 97.5 cm³/mol. The highest BCUT2D eigenvalue weighted by atomic mass is 32.2. The van der Waals surface area contributed by atoms with Gasteiger partial charge in [0.15, 0.2) is 11.5 Å². The summed E-state index contributed by atoms with van der Waals surface area (Å²) < 4.78 is 5.88. The third-order valence-electron chi connectivity index (χ3n) is 4.49. The maximum Gasteiger partial charge on any atom is 0.232 e. The summed E-state index contributed by atoms with van der Waals surface area (Å²) in [6.45, 7) is 1.51. The Morgan fingerprint density at radius 2 is 1.96 bits per heavy atom. The maximum atomic E-state index is 12.4. The van der Waals surface area contributed by atoms with Crippen molar-refractivity contribution in [3.8, 4) is 0 Å². The Balaban J connectivity index is 1.32. The van der Waals surface area contributed by atoms with Gasteiger partial charge in [0.1, 0.15) is 5.52 Å². The molecule has 0 aliphatic carbocycles. The molecule has 1 aliphatic heterocycles. The molecule has 0 radical (unpaired) electrons. The fourth-order valence-corrected chi connectivity index (χ4v) is 3.86. The summed E-state index contributed by atoms with van der Waals surface area (Å²) >= 11 is 1.49. The van der Waals surface area contributed by atoms with Gasteiger partial charge in [-0.3, -0.25) is 4.79 Å². The van der Waals surface area contributed by atoms with E-state index in [4.69, 9.17) is 4.42 Å². The minimum atomic E-state index is 0.173. The van der Waals surface area contributed by atoms with Crippen LogP contribution >= 0.6 is 11.8 Å². The van der Waals surface area contributed by atoms with E-state index in [9.17, 15) is 4.79 Å². The molecule has 5 nitrogen and oxygen atoms in total. The first-order valence-corrected chi connectivity index (χ1v) is 9.45. The number of fused-ring (bicyclic) bond motifs is 1. The molecule has 6 heteroatoms. The van der Waals surface area contributed by atoms with E-state index in [1.54, 1.807) is 6.20 Å². The van der Waals surface area contributed by atoms with Gasteiger partial charge in [-0.2, -0.15) is 0 Å². The molecular formula is C19H19N3O2S. The Bertz CT molecular complexity index is 824. The molecule has 0 atom stereocenters. The van der Waals surface area contributed by atoms with Crippen molar-refractivity contribution in [1.82, 2.24) is 14.9 Å². The number of carbonyl (C=O) groups is 1. The van der Waals surface area contributed by atoms with Crippen molar-refractivity contribution in [3.63, 3.8) is 0 Å². The van der Waals surface area contributed by atoms with E-state index in [-0.39, 0.29) is 5.91 Å². The number of hydrogen-bond donors (Lipinski definition) is 0. The molecule has 1 saturated heterocycles. The van der Waals surface area contributed by atoms with E-state index in [0.29, 0.717) is 11.7 Å². The van der Waals surface area contributed by atoms with Gasteiger partial charge < -0.3 is 9.32 Å². The molecule has 0 saturated carbocycles. The minimum absolute atomic E-state index is 0.173. The predicted octanol–water partition coefficient (Wildman–Crippen LogP) is 3.72. The average molecular weight is 353 g/mol. The number of likely N-dealkylation sites (tertiary alicyclic amines) is 1. The van der Waals surface area contributed by atoms with Crippen LogP contribution in [0.1, 0.15) is 24.7 Å². The zero-order valence-electron chi connectivity index (χ0n) is 13.8. The standard InChI is InChI=1S/C19H19N3O2S/c23-18(13-25-17-7-3-4-10-20-17)22-11-8-14(9-12-22)19-21-15-5-1-2-6-16(15)24-19/h1-7,10,14H,8-9,11-13H2. The first-order chi connectivity index (χ1) is 12.3. The Hall–Kier alpha value is -2.34. The number of thioether (sulfide) groups is 1. The monoisotopic (exact) mass is 353 g/mol. The Morgan fingerprint density at radius 3 is 2.72 bits per heavy atom. The Morgan fingerprint density at radius 1 is 1.16 bits per heavy atom. The lowest BCUT2D eigenvalue weighted by atomic mass is 9.97. The first kappa shape index (κ1) is 16.1. The van der Waals surface area contributed by atoms with Crippen molar-refractivity contribution in [2.75, 3.05) is 18.8 Å². The molecule has 128 valence electrons. The number of aromatic nitrogens is 2. The van der Waals surface area contributed by atoms with Gasteiger partial charge in [-0.15, -0.1) is 0 Å². The third kappa shape index (κ3) is 3.69. The highest BCUT2D eigenvalue weighted by Crippen LogP contribution is 2.30. The van der Waals surface area contributed by atoms with E-state index >= 15 is 0 Å². The van der Waals surface area contributed by atoms with E-state index < -0.39 is 0 Å². The van der Waals surface area contributed by atoms with Crippen LogP contribution in [-0.2, 0) is 4.79 Å². The van der Waals surface area contributed by atoms with Crippen LogP contribution in [0.15, 0.2) is 58.1 Å². The van der Waals surface area contributed by atoms with Crippen LogP contribution in [0.2, 0.25) is 0 Å². The summed E-state index contributed by atoms with van der Waals surface area (Å²) in [5.41, 5.74) is 1.74. The number of pyridine rings is 1. The lowest BCUT2D eigenvalue weighted by Gasteiger charge is -2.30. The maximum absolute atomic E-state index is 12.4. The van der Waals surface area contributed by atoms with Crippen LogP contribution in [0.4, 0.5) is 0 Å². The molecule has 0 spiro atoms. The summed E-state index contributed by atoms with van der Waals surface area (Å²) in [6, 6.07) is 13.6. The molecule has 1 aromatic carbocycles. The lowest BCUT2D eigenvalue weighted by Crippen LogP contribution is -2.39. The molecule has 3 heterocycles. The number of para-hydroxylation sites is 2. The molecule has 0 unspecified atom stereocenters. The van der Waals surface area contributed by atoms with Crippen LogP contribution in [0.5, 0.6) is 0 Å². The zero-order chi connectivity index (χ0) is 17.1. The van der Waals surface area contributed by atoms with Gasteiger partial charge in [0, 0.05) is 25.2 Å². The first-order valence-electron chi connectivity index (χ1n) is 8.47. The van der Waals surface area contributed by atoms with Gasteiger partial charge in [-0.1, -0.05) is 30.0 Å². The average Bonchev–Trinajstić information content (AvgIpc) is 3.11. The molecule has 25 heavy (non-hydrogen) atoms. The number of benzene rings is 1. The number of amides is 1. The Labute approximate surface area is 150 Å². The molecule has 3 aromatic rings. The summed E-state index contributed by atoms with van der Waals surface area (Å²) in [4.78, 5) is 23.2. The van der Waals surface area contributed by atoms with E-state index in [0.717, 1.165) is 47.9 Å². The van der Waals surface area contributed by atoms with Gasteiger partial charge in [0.05, 0.1) is 10.8 Å². The second-order valence-corrected chi connectivity index (χ2v) is 7.13. The fraction of sp³-hybridized carbons (Fsp3) is 0.316. The molecule has 1 fully saturated rings. The van der Waals surface area contributed by atoms with Crippen LogP contribution < -0.4 is 0 Å². The molecule has 2 aromatic heterocycles. The van der Waals surface area contributed by atoms with Crippen LogP contribution in [0.3, 0.4) is 0 Å². The van der Waals surface area contributed by atoms with Crippen molar-refractivity contribution < 1.29 is 9.21 Å². The van der Waals surface area contributed by atoms with E-state index in [1.807, 2.05) is 47.4 Å². The van der Waals surface area contributed by atoms with Gasteiger partial charge in [0.2, 0.25) is 5.91 Å². The molecule has 1 aliphatic rings. The van der Waals surface area contributed by atoms with Crippen LogP contribution in [-0.4, -0.2) is 39.6 Å². The zero-order valence-corrected chi connectivity index (χ0v) is 14.6. The second kappa shape index (κ2) is 7.27. The summed E-state index contributed by atoms with van der Waals surface area (Å²) in [6.07, 6.45) is 3.54. The fourth-order valence-electron chi connectivity index (χ4n) is 3.10. The third-order valence-corrected chi connectivity index (χ3v) is 5.42. The Kier molecular flexibility index (Phi) is 4.70. The number of rotatable bonds is 4. The van der Waals surface area contributed by atoms with Crippen molar-refractivity contribution in [3.05, 3.63) is 54.6 Å². The van der Waals surface area contributed by atoms with Gasteiger partial charge in [0.25, 0.3) is 0 Å². The molecule has 1 amide bonds. The summed E-state index contributed by atoms with van der Waals surface area (Å²) in [5.74, 6) is 1.70. The van der Waals surface area contributed by atoms with Crippen molar-refractivity contribution in [1.29, 1.82) is 0 Å². The summed E-state index contributed by atoms with van der Waals surface area (Å²) in [7, 11) is 0. The molecular weight excluding hydrogens is 334 g/mol. The SMILES string of the molecule is O=C(CSc1ccccn1)N1CCC(c2nc3ccccc3o2)CC1. The number of oxazole rings is 1. The van der Waals surface area contributed by atoms with Gasteiger partial charge in [-0.25, -0.2) is 9.97 Å². The minimum Gasteiger partial charge on any atom is -0.440 e. The molecule has 0 N–H and O–H groups in total. The van der Waals surface area contributed by atoms with Crippen LogP contribution in [0, 0.1) is 0 Å². The normalized spacial score (nSPS) is 15.6. The largest absolute Gasteiger partial charge is 0.440 e. The van der Waals surface area contributed by atoms with Gasteiger partial charge in [-0.05, 0) is 37.1 Å². The van der Waals surface area contributed by atoms with Crippen molar-refractivity contribution in [2.45, 2.75) is 23.8 Å². The number of carbonyl (C=O) groups excluding carboxylic acids is 1. The second-order valence-electron chi connectivity index (χ2n) is 6.13. The molecule has 4 rings (SSSR count). The summed E-state index contributed by atoms with van der Waals surface area (Å²) in [5, 5.41) is 0.886. The number of piperidine rings is 1. The number of hydrogen-bond acceptors (Lipinski definition) is 5. The van der Waals surface area contributed by atoms with E-state index in [1.165, 1.54) is 11.8 Å². The quantitative estimate of drug-likeness (QED) is 0.669. The highest BCUT2D eigenvalue weighted by molar-refractivity contribution is 7.99. The van der Waals surface area contributed by atoms with Gasteiger partial charge >= 0.3 is 0 Å². The van der Waals surface area contributed by atoms with Crippen molar-refractivity contribution in [2.24, 2.45) is 0 Å². The molecule has 0 bridgehead atoms. The van der Waals surface area contributed by atoms with Crippen LogP contribution in [0.25, 0.3) is 11.1 Å². The topological polar surface area (TPSA) is 59.2 Å². The van der Waals surface area contributed by atoms with E-state index in [2.05, 4.69) is 9.97 Å². The van der Waals surface area contributed by atoms with Crippen molar-refractivity contribution >= 4 is 28.8 Å².